The lowest BCUT2D eigenvalue weighted by molar-refractivity contribution is 0.101. The van der Waals surface area contributed by atoms with E-state index in [0.29, 0.717) is 0 Å². The second-order valence-corrected chi connectivity index (χ2v) is 8.64. The van der Waals surface area contributed by atoms with Crippen molar-refractivity contribution in [3.63, 3.8) is 0 Å². The first kappa shape index (κ1) is 21.0. The van der Waals surface area contributed by atoms with Gasteiger partial charge in [-0.1, -0.05) is 97.1 Å². The molecule has 0 atom stereocenters. The van der Waals surface area contributed by atoms with Crippen molar-refractivity contribution in [1.82, 2.24) is 4.57 Å². The second-order valence-electron chi connectivity index (χ2n) is 8.64. The zero-order valence-corrected chi connectivity index (χ0v) is 18.8. The smallest absolute Gasteiger partial charge is 0.161 e. The highest BCUT2D eigenvalue weighted by atomic mass is 16.1. The Labute approximate surface area is 195 Å². The fourth-order valence-electron chi connectivity index (χ4n) is 4.70. The van der Waals surface area contributed by atoms with Crippen LogP contribution in [0, 0.1) is 0 Å². The van der Waals surface area contributed by atoms with Crippen LogP contribution in [0.1, 0.15) is 45.5 Å². The number of fused-ring (bicyclic) bond motifs is 1. The fourth-order valence-corrected chi connectivity index (χ4v) is 4.70. The highest BCUT2D eigenvalue weighted by molar-refractivity contribution is 6.07. The van der Waals surface area contributed by atoms with Gasteiger partial charge in [-0.15, -0.1) is 0 Å². The monoisotopic (exact) mass is 429 g/mol. The lowest BCUT2D eigenvalue weighted by Gasteiger charge is -2.18. The minimum Gasteiger partial charge on any atom is -0.342 e. The maximum absolute atomic E-state index is 12.5. The van der Waals surface area contributed by atoms with Crippen LogP contribution in [0.4, 0.5) is 0 Å². The van der Waals surface area contributed by atoms with Gasteiger partial charge in [0.05, 0.1) is 0 Å². The van der Waals surface area contributed by atoms with Gasteiger partial charge in [-0.05, 0) is 47.7 Å². The van der Waals surface area contributed by atoms with Crippen LogP contribution < -0.4 is 0 Å². The molecule has 0 radical (unpaired) electrons. The number of carbonyl (C=O) groups is 1. The van der Waals surface area contributed by atoms with E-state index in [1.54, 1.807) is 6.92 Å². The van der Waals surface area contributed by atoms with Crippen molar-refractivity contribution < 1.29 is 4.79 Å². The molecular formula is C31H27NO. The van der Waals surface area contributed by atoms with Crippen LogP contribution in [0.15, 0.2) is 115 Å². The molecule has 0 bridgehead atoms. The van der Waals surface area contributed by atoms with Crippen molar-refractivity contribution in [2.24, 2.45) is 0 Å². The fraction of sp³-hybridized carbons (Fsp3) is 0.129. The molecule has 1 aromatic heterocycles. The highest BCUT2D eigenvalue weighted by Crippen LogP contribution is 2.31. The standard InChI is InChI=1S/C31H27NO/c1-23(33)30-22-32(21-24-11-5-2-6-12-24)31-18-17-25(20-29(30)31)19-28(26-13-7-3-8-14-26)27-15-9-4-10-16-27/h2-18,20,22,28H,19,21H2,1H3. The molecule has 0 saturated carbocycles. The van der Waals surface area contributed by atoms with Crippen molar-refractivity contribution in [2.75, 3.05) is 0 Å². The van der Waals surface area contributed by atoms with Crippen molar-refractivity contribution in [1.29, 1.82) is 0 Å². The Morgan fingerprint density at radius 1 is 0.727 bits per heavy atom. The average Bonchev–Trinajstić information content (AvgIpc) is 3.22. The minimum absolute atomic E-state index is 0.103. The molecule has 0 aliphatic carbocycles. The number of carbonyl (C=O) groups excluding carboxylic acids is 1. The average molecular weight is 430 g/mol. The lowest BCUT2D eigenvalue weighted by atomic mass is 9.85. The number of nitrogens with zero attached hydrogens (tertiary/aromatic N) is 1. The van der Waals surface area contributed by atoms with E-state index in [0.717, 1.165) is 29.4 Å². The van der Waals surface area contributed by atoms with E-state index < -0.39 is 0 Å². The third kappa shape index (κ3) is 4.51. The number of Topliss-reactive ketones (excluding diaryl/α,β-unsaturated/α-hetero) is 1. The molecule has 162 valence electrons. The van der Waals surface area contributed by atoms with E-state index in [-0.39, 0.29) is 11.7 Å². The molecule has 0 amide bonds. The zero-order chi connectivity index (χ0) is 22.6. The summed E-state index contributed by atoms with van der Waals surface area (Å²) in [5.41, 5.74) is 6.96. The molecule has 0 spiro atoms. The van der Waals surface area contributed by atoms with Gasteiger partial charge in [-0.2, -0.15) is 0 Å². The minimum atomic E-state index is 0.103. The molecule has 0 fully saturated rings. The summed E-state index contributed by atoms with van der Waals surface area (Å²) in [6, 6.07) is 38.3. The van der Waals surface area contributed by atoms with Gasteiger partial charge in [0, 0.05) is 35.1 Å². The summed E-state index contributed by atoms with van der Waals surface area (Å²) in [7, 11) is 0. The van der Waals surface area contributed by atoms with Crippen molar-refractivity contribution in [3.05, 3.63) is 143 Å². The maximum Gasteiger partial charge on any atom is 0.161 e. The Kier molecular flexibility index (Phi) is 5.91. The largest absolute Gasteiger partial charge is 0.342 e. The normalized spacial score (nSPS) is 11.2. The van der Waals surface area contributed by atoms with Gasteiger partial charge in [0.2, 0.25) is 0 Å². The molecule has 0 aliphatic heterocycles. The second kappa shape index (κ2) is 9.30. The summed E-state index contributed by atoms with van der Waals surface area (Å²) in [6.07, 6.45) is 2.89. The molecule has 2 heteroatoms. The summed E-state index contributed by atoms with van der Waals surface area (Å²) >= 11 is 0. The van der Waals surface area contributed by atoms with Crippen LogP contribution in [-0.4, -0.2) is 10.4 Å². The molecule has 0 N–H and O–H groups in total. The Morgan fingerprint density at radius 2 is 1.30 bits per heavy atom. The van der Waals surface area contributed by atoms with Crippen molar-refractivity contribution in [3.8, 4) is 0 Å². The highest BCUT2D eigenvalue weighted by Gasteiger charge is 2.17. The molecule has 0 saturated heterocycles. The van der Waals surface area contributed by atoms with Gasteiger partial charge in [-0.25, -0.2) is 0 Å². The molecule has 0 aliphatic rings. The topological polar surface area (TPSA) is 22.0 Å². The number of rotatable bonds is 7. The summed E-state index contributed by atoms with van der Waals surface area (Å²) in [4.78, 5) is 12.5. The quantitative estimate of drug-likeness (QED) is 0.249. The molecule has 33 heavy (non-hydrogen) atoms. The summed E-state index contributed by atoms with van der Waals surface area (Å²) in [5.74, 6) is 0.365. The number of ketones is 1. The van der Waals surface area contributed by atoms with Crippen LogP contribution >= 0.6 is 0 Å². The van der Waals surface area contributed by atoms with E-state index in [9.17, 15) is 4.79 Å². The molecule has 2 nitrogen and oxygen atoms in total. The van der Waals surface area contributed by atoms with Crippen LogP contribution in [-0.2, 0) is 13.0 Å². The van der Waals surface area contributed by atoms with Gasteiger partial charge in [-0.3, -0.25) is 4.79 Å². The maximum atomic E-state index is 12.5. The predicted molar refractivity (Wildman–Crippen MR) is 136 cm³/mol. The van der Waals surface area contributed by atoms with Crippen molar-refractivity contribution in [2.45, 2.75) is 25.8 Å². The third-order valence-electron chi connectivity index (χ3n) is 6.36. The van der Waals surface area contributed by atoms with Gasteiger partial charge in [0.25, 0.3) is 0 Å². The van der Waals surface area contributed by atoms with Crippen LogP contribution in [0.2, 0.25) is 0 Å². The van der Waals surface area contributed by atoms with Gasteiger partial charge >= 0.3 is 0 Å². The number of aromatic nitrogens is 1. The van der Waals surface area contributed by atoms with Crippen LogP contribution in [0.25, 0.3) is 10.9 Å². The molecule has 0 unspecified atom stereocenters. The summed E-state index contributed by atoms with van der Waals surface area (Å²) < 4.78 is 2.19. The first-order valence-electron chi connectivity index (χ1n) is 11.5. The molecule has 5 rings (SSSR count). The SMILES string of the molecule is CC(=O)c1cn(Cc2ccccc2)c2ccc(CC(c3ccccc3)c3ccccc3)cc12. The Bertz CT molecular complexity index is 1330. The van der Waals surface area contributed by atoms with E-state index >= 15 is 0 Å². The Morgan fingerprint density at radius 3 is 1.88 bits per heavy atom. The van der Waals surface area contributed by atoms with Crippen LogP contribution in [0.3, 0.4) is 0 Å². The molecular weight excluding hydrogens is 402 g/mol. The molecule has 1 heterocycles. The van der Waals surface area contributed by atoms with E-state index in [2.05, 4.69) is 108 Å². The van der Waals surface area contributed by atoms with E-state index in [4.69, 9.17) is 0 Å². The molecule has 5 aromatic rings. The van der Waals surface area contributed by atoms with Gasteiger partial charge < -0.3 is 4.57 Å². The van der Waals surface area contributed by atoms with Crippen molar-refractivity contribution >= 4 is 16.7 Å². The first-order valence-corrected chi connectivity index (χ1v) is 11.5. The Hall–Kier alpha value is -3.91. The Balaban J connectivity index is 1.54. The molecule has 4 aromatic carbocycles. The van der Waals surface area contributed by atoms with E-state index in [1.807, 2.05) is 12.3 Å². The zero-order valence-electron chi connectivity index (χ0n) is 18.8. The number of hydrogen-bond donors (Lipinski definition) is 0. The summed E-state index contributed by atoms with van der Waals surface area (Å²) in [5, 5.41) is 1.04. The van der Waals surface area contributed by atoms with E-state index in [1.165, 1.54) is 22.3 Å². The number of benzene rings is 4. The third-order valence-corrected chi connectivity index (χ3v) is 6.36. The number of hydrogen-bond acceptors (Lipinski definition) is 1. The predicted octanol–water partition coefficient (Wildman–Crippen LogP) is 7.27. The van der Waals surface area contributed by atoms with Gasteiger partial charge in [0.1, 0.15) is 0 Å². The van der Waals surface area contributed by atoms with Crippen LogP contribution in [0.5, 0.6) is 0 Å². The summed E-state index contributed by atoms with van der Waals surface area (Å²) in [6.45, 7) is 2.41. The van der Waals surface area contributed by atoms with Gasteiger partial charge in [0.15, 0.2) is 5.78 Å². The first-order chi connectivity index (χ1) is 16.2. The lowest BCUT2D eigenvalue weighted by Crippen LogP contribution is -2.05.